The first-order valence-corrected chi connectivity index (χ1v) is 9.73. The van der Waals surface area contributed by atoms with Crippen LogP contribution in [0.3, 0.4) is 0 Å². The Hall–Kier alpha value is -2.40. The van der Waals surface area contributed by atoms with Gasteiger partial charge in [0.2, 0.25) is 0 Å². The van der Waals surface area contributed by atoms with E-state index in [-0.39, 0.29) is 5.97 Å². The normalized spacial score (nSPS) is 13.3. The SMILES string of the molecule is CCOC(=O)C1=Cc2sc(CCCCCN)cc2N=C(N)C1.O=C(O)C(F)(F)F. The zero-order chi connectivity index (χ0) is 22.0. The minimum atomic E-state index is -5.08. The van der Waals surface area contributed by atoms with Crippen LogP contribution >= 0.6 is 11.3 Å². The number of alkyl halides is 3. The van der Waals surface area contributed by atoms with E-state index in [9.17, 15) is 18.0 Å². The topological polar surface area (TPSA) is 128 Å². The number of nitrogens with two attached hydrogens (primary N) is 2. The van der Waals surface area contributed by atoms with Gasteiger partial charge in [-0.2, -0.15) is 13.2 Å². The van der Waals surface area contributed by atoms with Crippen molar-refractivity contribution in [2.24, 2.45) is 16.5 Å². The number of carboxylic acid groups (broad SMARTS) is 1. The lowest BCUT2D eigenvalue weighted by Crippen LogP contribution is -2.21. The summed E-state index contributed by atoms with van der Waals surface area (Å²) in [6.07, 6.45) is 1.44. The molecule has 2 heterocycles. The van der Waals surface area contributed by atoms with E-state index in [1.54, 1.807) is 18.3 Å². The molecule has 0 fully saturated rings. The van der Waals surface area contributed by atoms with Gasteiger partial charge in [0.15, 0.2) is 0 Å². The molecule has 0 radical (unpaired) electrons. The second-order valence-electron chi connectivity index (χ2n) is 6.03. The van der Waals surface area contributed by atoms with Gasteiger partial charge in [0.25, 0.3) is 0 Å². The molecule has 0 aromatic carbocycles. The number of ether oxygens (including phenoxy) is 1. The first kappa shape index (κ1) is 24.6. The van der Waals surface area contributed by atoms with Crippen LogP contribution in [-0.4, -0.2) is 42.2 Å². The van der Waals surface area contributed by atoms with Crippen molar-refractivity contribution < 1.29 is 32.6 Å². The summed E-state index contributed by atoms with van der Waals surface area (Å²) in [5.74, 6) is -2.62. The van der Waals surface area contributed by atoms with Gasteiger partial charge < -0.3 is 21.3 Å². The van der Waals surface area contributed by atoms with Crippen molar-refractivity contribution in [1.82, 2.24) is 0 Å². The van der Waals surface area contributed by atoms with E-state index >= 15 is 0 Å². The number of rotatable bonds is 7. The highest BCUT2D eigenvalue weighted by atomic mass is 32.1. The largest absolute Gasteiger partial charge is 0.490 e. The zero-order valence-corrected chi connectivity index (χ0v) is 16.7. The molecular weight excluding hydrogens is 411 g/mol. The Labute approximate surface area is 170 Å². The Morgan fingerprint density at radius 3 is 2.52 bits per heavy atom. The molecule has 0 unspecified atom stereocenters. The molecule has 1 aromatic heterocycles. The monoisotopic (exact) mass is 435 g/mol. The molecule has 0 spiro atoms. The summed E-state index contributed by atoms with van der Waals surface area (Å²) in [4.78, 5) is 27.5. The van der Waals surface area contributed by atoms with Gasteiger partial charge in [-0.3, -0.25) is 0 Å². The molecule has 1 aromatic rings. The maximum absolute atomic E-state index is 11.9. The summed E-state index contributed by atoms with van der Waals surface area (Å²) in [7, 11) is 0. The maximum atomic E-state index is 11.9. The van der Waals surface area contributed by atoms with E-state index < -0.39 is 12.1 Å². The van der Waals surface area contributed by atoms with Crippen molar-refractivity contribution in [1.29, 1.82) is 0 Å². The predicted octanol–water partition coefficient (Wildman–Crippen LogP) is 3.39. The Morgan fingerprint density at radius 2 is 1.97 bits per heavy atom. The fraction of sp³-hybridized carbons (Fsp3) is 0.500. The fourth-order valence-corrected chi connectivity index (χ4v) is 3.44. The van der Waals surface area contributed by atoms with Crippen LogP contribution in [0, 0.1) is 0 Å². The lowest BCUT2D eigenvalue weighted by molar-refractivity contribution is -0.192. The van der Waals surface area contributed by atoms with Crippen molar-refractivity contribution in [3.05, 3.63) is 21.4 Å². The number of esters is 1. The summed E-state index contributed by atoms with van der Waals surface area (Å²) in [5, 5.41) is 7.12. The lowest BCUT2D eigenvalue weighted by Gasteiger charge is -2.04. The zero-order valence-electron chi connectivity index (χ0n) is 15.9. The first-order valence-electron chi connectivity index (χ1n) is 8.92. The van der Waals surface area contributed by atoms with E-state index in [0.717, 1.165) is 42.8 Å². The van der Waals surface area contributed by atoms with Crippen LogP contribution in [0.25, 0.3) is 6.08 Å². The van der Waals surface area contributed by atoms with Crippen LogP contribution in [0.4, 0.5) is 18.9 Å². The minimum absolute atomic E-state index is 0.314. The number of nitrogens with zero attached hydrogens (tertiary/aromatic N) is 1. The Kier molecular flexibility index (Phi) is 9.83. The van der Waals surface area contributed by atoms with Gasteiger partial charge in [0.05, 0.1) is 17.2 Å². The van der Waals surface area contributed by atoms with Crippen molar-refractivity contribution >= 4 is 40.9 Å². The Bertz CT molecular complexity index is 773. The van der Waals surface area contributed by atoms with Gasteiger partial charge in [0, 0.05) is 16.9 Å². The average molecular weight is 435 g/mol. The summed E-state index contributed by atoms with van der Waals surface area (Å²) >= 11 is 1.67. The summed E-state index contributed by atoms with van der Waals surface area (Å²) < 4.78 is 36.8. The maximum Gasteiger partial charge on any atom is 0.490 e. The Balaban J connectivity index is 0.000000516. The molecule has 0 aliphatic carbocycles. The van der Waals surface area contributed by atoms with Crippen LogP contribution < -0.4 is 11.5 Å². The number of hydrogen-bond donors (Lipinski definition) is 3. The van der Waals surface area contributed by atoms with E-state index in [1.165, 1.54) is 4.88 Å². The standard InChI is InChI=1S/C16H23N3O2S.C2HF3O2/c1-2-21-16(20)11-8-14-13(19-15(18)9-11)10-12(22-14)6-4-3-5-7-17;3-2(4,5)1(6)7/h8,10H,2-7,9,17H2,1H3,(H2,18,19);(H,6,7). The number of carboxylic acids is 1. The second kappa shape index (κ2) is 11.6. The Morgan fingerprint density at radius 1 is 1.31 bits per heavy atom. The second-order valence-corrected chi connectivity index (χ2v) is 7.20. The molecule has 11 heteroatoms. The first-order chi connectivity index (χ1) is 13.6. The number of aliphatic imine (C=N–C) groups is 1. The number of amidine groups is 1. The molecule has 1 aliphatic heterocycles. The van der Waals surface area contributed by atoms with Crippen LogP contribution in [0.15, 0.2) is 16.6 Å². The third kappa shape index (κ3) is 8.65. The molecule has 0 amide bonds. The summed E-state index contributed by atoms with van der Waals surface area (Å²) in [6, 6.07) is 2.07. The lowest BCUT2D eigenvalue weighted by atomic mass is 10.1. The molecule has 29 heavy (non-hydrogen) atoms. The number of thiophene rings is 1. The van der Waals surface area contributed by atoms with Gasteiger partial charge >= 0.3 is 18.1 Å². The molecule has 0 saturated heterocycles. The predicted molar refractivity (Wildman–Crippen MR) is 105 cm³/mol. The van der Waals surface area contributed by atoms with Crippen LogP contribution in [0.1, 0.15) is 42.4 Å². The fourth-order valence-electron chi connectivity index (χ4n) is 2.33. The van der Waals surface area contributed by atoms with Crippen molar-refractivity contribution in [3.63, 3.8) is 0 Å². The number of aliphatic carboxylic acids is 1. The van der Waals surface area contributed by atoms with Crippen LogP contribution in [0.5, 0.6) is 0 Å². The molecule has 5 N–H and O–H groups in total. The van der Waals surface area contributed by atoms with Crippen molar-refractivity contribution in [2.75, 3.05) is 13.2 Å². The molecular formula is C18H24F3N3O4S. The van der Waals surface area contributed by atoms with Crippen molar-refractivity contribution in [3.8, 4) is 0 Å². The third-order valence-corrected chi connectivity index (χ3v) is 4.77. The number of fused-ring (bicyclic) bond motifs is 1. The van der Waals surface area contributed by atoms with Gasteiger partial charge in [-0.05, 0) is 44.9 Å². The molecule has 0 atom stereocenters. The van der Waals surface area contributed by atoms with Gasteiger partial charge in [-0.25, -0.2) is 14.6 Å². The minimum Gasteiger partial charge on any atom is -0.475 e. The number of aryl methyl sites for hydroxylation is 1. The molecule has 2 rings (SSSR count). The average Bonchev–Trinajstić information content (AvgIpc) is 2.91. The number of carbonyl (C=O) groups excluding carboxylic acids is 1. The molecule has 7 nitrogen and oxygen atoms in total. The third-order valence-electron chi connectivity index (χ3n) is 3.64. The quantitative estimate of drug-likeness (QED) is 0.445. The smallest absolute Gasteiger partial charge is 0.475 e. The van der Waals surface area contributed by atoms with E-state index in [1.807, 2.05) is 6.08 Å². The highest BCUT2D eigenvalue weighted by Crippen LogP contribution is 2.35. The molecule has 1 aliphatic rings. The molecule has 0 saturated carbocycles. The van der Waals surface area contributed by atoms with E-state index in [4.69, 9.17) is 26.1 Å². The summed E-state index contributed by atoms with van der Waals surface area (Å²) in [5.41, 5.74) is 12.8. The number of hydrogen-bond acceptors (Lipinski definition) is 7. The number of carbonyl (C=O) groups is 2. The van der Waals surface area contributed by atoms with E-state index in [0.29, 0.717) is 24.4 Å². The van der Waals surface area contributed by atoms with E-state index in [2.05, 4.69) is 11.1 Å². The molecule has 162 valence electrons. The van der Waals surface area contributed by atoms with Gasteiger partial charge in [-0.1, -0.05) is 6.42 Å². The molecule has 0 bridgehead atoms. The van der Waals surface area contributed by atoms with Crippen LogP contribution in [-0.2, 0) is 20.7 Å². The highest BCUT2D eigenvalue weighted by Gasteiger charge is 2.38. The number of halogens is 3. The number of unbranched alkanes of at least 4 members (excludes halogenated alkanes) is 2. The van der Waals surface area contributed by atoms with Crippen LogP contribution in [0.2, 0.25) is 0 Å². The summed E-state index contributed by atoms with van der Waals surface area (Å²) in [6.45, 7) is 2.90. The van der Waals surface area contributed by atoms with Crippen molar-refractivity contribution in [2.45, 2.75) is 45.2 Å². The van der Waals surface area contributed by atoms with Gasteiger partial charge in [0.1, 0.15) is 5.84 Å². The van der Waals surface area contributed by atoms with Gasteiger partial charge in [-0.15, -0.1) is 11.3 Å². The highest BCUT2D eigenvalue weighted by molar-refractivity contribution is 7.13.